The molecule has 136 valence electrons. The summed E-state index contributed by atoms with van der Waals surface area (Å²) in [5.74, 6) is 2.02. The second kappa shape index (κ2) is 7.26. The zero-order chi connectivity index (χ0) is 18.1. The highest BCUT2D eigenvalue weighted by atomic mass is 16.5. The first-order valence-corrected chi connectivity index (χ1v) is 9.59. The summed E-state index contributed by atoms with van der Waals surface area (Å²) in [7, 11) is 0. The van der Waals surface area contributed by atoms with Crippen LogP contribution in [0.15, 0.2) is 49.1 Å². The third-order valence-corrected chi connectivity index (χ3v) is 5.61. The predicted molar refractivity (Wildman–Crippen MR) is 107 cm³/mol. The standard InChI is InChI=1S/C23H28N2O/c1-4-9-24-10-12-25(13-11-24)21-16-19-14-17(2)5-7-22(19)26-23-8-6-18(3)15-20(21)23/h4-8,14-15,21H,1,9-13,16H2,2-3H3. The van der Waals surface area contributed by atoms with Gasteiger partial charge in [0.15, 0.2) is 0 Å². The maximum atomic E-state index is 6.34. The zero-order valence-corrected chi connectivity index (χ0v) is 15.9. The molecule has 0 bridgehead atoms. The molecule has 2 aromatic rings. The van der Waals surface area contributed by atoms with Crippen molar-refractivity contribution in [2.24, 2.45) is 0 Å². The summed E-state index contributed by atoms with van der Waals surface area (Å²) < 4.78 is 6.34. The summed E-state index contributed by atoms with van der Waals surface area (Å²) in [5, 5.41) is 0. The van der Waals surface area contributed by atoms with Crippen LogP contribution in [0.2, 0.25) is 0 Å². The van der Waals surface area contributed by atoms with Crippen molar-refractivity contribution >= 4 is 0 Å². The van der Waals surface area contributed by atoms with E-state index in [0.717, 1.165) is 50.6 Å². The number of hydrogen-bond acceptors (Lipinski definition) is 3. The first-order chi connectivity index (χ1) is 12.6. The number of ether oxygens (including phenoxy) is 1. The molecular formula is C23H28N2O. The first kappa shape index (κ1) is 17.3. The molecule has 0 saturated carbocycles. The Morgan fingerprint density at radius 2 is 1.69 bits per heavy atom. The molecule has 1 atom stereocenters. The normalized spacial score (nSPS) is 20.6. The number of piperazine rings is 1. The molecular weight excluding hydrogens is 320 g/mol. The van der Waals surface area contributed by atoms with Gasteiger partial charge in [0.2, 0.25) is 0 Å². The Balaban J connectivity index is 1.68. The summed E-state index contributed by atoms with van der Waals surface area (Å²) in [6, 6.07) is 13.5. The van der Waals surface area contributed by atoms with Gasteiger partial charge in [-0.3, -0.25) is 9.80 Å². The van der Waals surface area contributed by atoms with Crippen LogP contribution in [0.25, 0.3) is 0 Å². The van der Waals surface area contributed by atoms with Crippen LogP contribution in [0.4, 0.5) is 0 Å². The smallest absolute Gasteiger partial charge is 0.132 e. The Hall–Kier alpha value is -2.10. The molecule has 2 heterocycles. The van der Waals surface area contributed by atoms with E-state index >= 15 is 0 Å². The lowest BCUT2D eigenvalue weighted by Gasteiger charge is -2.39. The van der Waals surface area contributed by atoms with Crippen LogP contribution >= 0.6 is 0 Å². The Morgan fingerprint density at radius 3 is 2.42 bits per heavy atom. The SMILES string of the molecule is C=CCN1CCN(C2Cc3cc(C)ccc3Oc3ccc(C)cc32)CC1. The molecule has 3 nitrogen and oxygen atoms in total. The van der Waals surface area contributed by atoms with Gasteiger partial charge in [0.05, 0.1) is 0 Å². The van der Waals surface area contributed by atoms with Gasteiger partial charge in [-0.1, -0.05) is 41.5 Å². The third kappa shape index (κ3) is 3.42. The molecule has 1 saturated heterocycles. The second-order valence-electron chi connectivity index (χ2n) is 7.60. The van der Waals surface area contributed by atoms with E-state index in [9.17, 15) is 0 Å². The summed E-state index contributed by atoms with van der Waals surface area (Å²) in [6.45, 7) is 13.6. The van der Waals surface area contributed by atoms with Crippen molar-refractivity contribution in [2.75, 3.05) is 32.7 Å². The quantitative estimate of drug-likeness (QED) is 0.760. The lowest BCUT2D eigenvalue weighted by atomic mass is 9.95. The Labute approximate surface area is 156 Å². The Kier molecular flexibility index (Phi) is 4.84. The fraction of sp³-hybridized carbons (Fsp3) is 0.391. The van der Waals surface area contributed by atoms with Crippen LogP contribution in [0, 0.1) is 13.8 Å². The van der Waals surface area contributed by atoms with Crippen LogP contribution in [0.1, 0.15) is 28.3 Å². The average molecular weight is 348 g/mol. The number of rotatable bonds is 3. The van der Waals surface area contributed by atoms with E-state index in [1.54, 1.807) is 0 Å². The summed E-state index contributed by atoms with van der Waals surface area (Å²) in [5.41, 5.74) is 5.24. The van der Waals surface area contributed by atoms with E-state index in [0.29, 0.717) is 6.04 Å². The fourth-order valence-electron chi connectivity index (χ4n) is 4.19. The molecule has 1 unspecified atom stereocenters. The molecule has 4 rings (SSSR count). The summed E-state index contributed by atoms with van der Waals surface area (Å²) in [6.07, 6.45) is 3.02. The van der Waals surface area contributed by atoms with Crippen molar-refractivity contribution in [1.82, 2.24) is 9.80 Å². The van der Waals surface area contributed by atoms with Crippen molar-refractivity contribution in [3.8, 4) is 11.5 Å². The van der Waals surface area contributed by atoms with E-state index in [4.69, 9.17) is 4.74 Å². The molecule has 0 radical (unpaired) electrons. The van der Waals surface area contributed by atoms with Crippen molar-refractivity contribution in [3.63, 3.8) is 0 Å². The minimum atomic E-state index is 0.374. The lowest BCUT2D eigenvalue weighted by Crippen LogP contribution is -2.47. The largest absolute Gasteiger partial charge is 0.457 e. The van der Waals surface area contributed by atoms with Gasteiger partial charge in [0, 0.05) is 44.3 Å². The van der Waals surface area contributed by atoms with Gasteiger partial charge in [-0.05, 0) is 38.0 Å². The Bertz CT molecular complexity index is 806. The van der Waals surface area contributed by atoms with Crippen LogP contribution < -0.4 is 4.74 Å². The molecule has 2 aliphatic heterocycles. The molecule has 0 amide bonds. The minimum absolute atomic E-state index is 0.374. The van der Waals surface area contributed by atoms with Gasteiger partial charge in [-0.15, -0.1) is 6.58 Å². The average Bonchev–Trinajstić information content (AvgIpc) is 2.79. The van der Waals surface area contributed by atoms with Crippen molar-refractivity contribution in [1.29, 1.82) is 0 Å². The monoisotopic (exact) mass is 348 g/mol. The summed E-state index contributed by atoms with van der Waals surface area (Å²) >= 11 is 0. The number of aryl methyl sites for hydroxylation is 2. The predicted octanol–water partition coefficient (Wildman–Crippen LogP) is 4.50. The molecule has 0 spiro atoms. The van der Waals surface area contributed by atoms with Crippen LogP contribution in [-0.4, -0.2) is 42.5 Å². The fourth-order valence-corrected chi connectivity index (χ4v) is 4.19. The van der Waals surface area contributed by atoms with E-state index < -0.39 is 0 Å². The topological polar surface area (TPSA) is 15.7 Å². The molecule has 0 aliphatic carbocycles. The number of benzene rings is 2. The molecule has 2 aromatic carbocycles. The maximum Gasteiger partial charge on any atom is 0.132 e. The highest BCUT2D eigenvalue weighted by Gasteiger charge is 2.30. The van der Waals surface area contributed by atoms with Crippen LogP contribution in [0.5, 0.6) is 11.5 Å². The van der Waals surface area contributed by atoms with Crippen molar-refractivity contribution in [3.05, 3.63) is 71.3 Å². The van der Waals surface area contributed by atoms with E-state index in [1.165, 1.54) is 22.3 Å². The van der Waals surface area contributed by atoms with E-state index in [-0.39, 0.29) is 0 Å². The molecule has 2 aliphatic rings. The van der Waals surface area contributed by atoms with Gasteiger partial charge in [-0.25, -0.2) is 0 Å². The molecule has 26 heavy (non-hydrogen) atoms. The van der Waals surface area contributed by atoms with Crippen LogP contribution in [0.3, 0.4) is 0 Å². The van der Waals surface area contributed by atoms with Crippen LogP contribution in [-0.2, 0) is 6.42 Å². The van der Waals surface area contributed by atoms with Gasteiger partial charge in [0.1, 0.15) is 11.5 Å². The first-order valence-electron chi connectivity index (χ1n) is 9.59. The van der Waals surface area contributed by atoms with Crippen molar-refractivity contribution < 1.29 is 4.74 Å². The number of fused-ring (bicyclic) bond motifs is 2. The summed E-state index contributed by atoms with van der Waals surface area (Å²) in [4.78, 5) is 5.12. The molecule has 0 N–H and O–H groups in total. The van der Waals surface area contributed by atoms with Gasteiger partial charge < -0.3 is 4.74 Å². The molecule has 1 fully saturated rings. The number of hydrogen-bond donors (Lipinski definition) is 0. The van der Waals surface area contributed by atoms with Gasteiger partial charge in [0.25, 0.3) is 0 Å². The van der Waals surface area contributed by atoms with E-state index in [2.05, 4.69) is 66.6 Å². The Morgan fingerprint density at radius 1 is 1.00 bits per heavy atom. The van der Waals surface area contributed by atoms with Gasteiger partial charge >= 0.3 is 0 Å². The highest BCUT2D eigenvalue weighted by Crippen LogP contribution is 2.41. The van der Waals surface area contributed by atoms with E-state index in [1.807, 2.05) is 6.08 Å². The van der Waals surface area contributed by atoms with Gasteiger partial charge in [-0.2, -0.15) is 0 Å². The number of nitrogens with zero attached hydrogens (tertiary/aromatic N) is 2. The maximum absolute atomic E-state index is 6.34. The molecule has 3 heteroatoms. The minimum Gasteiger partial charge on any atom is -0.457 e. The second-order valence-corrected chi connectivity index (χ2v) is 7.60. The zero-order valence-electron chi connectivity index (χ0n) is 15.9. The highest BCUT2D eigenvalue weighted by molar-refractivity contribution is 5.49. The van der Waals surface area contributed by atoms with Crippen molar-refractivity contribution in [2.45, 2.75) is 26.3 Å². The lowest BCUT2D eigenvalue weighted by molar-refractivity contribution is 0.103. The molecule has 0 aromatic heterocycles. The third-order valence-electron chi connectivity index (χ3n) is 5.61.